The van der Waals surface area contributed by atoms with Gasteiger partial charge in [-0.05, 0) is 30.9 Å². The number of hydrogen-bond donors (Lipinski definition) is 0. The van der Waals surface area contributed by atoms with E-state index in [9.17, 15) is 13.2 Å². The van der Waals surface area contributed by atoms with Gasteiger partial charge in [-0.15, -0.1) is 0 Å². The van der Waals surface area contributed by atoms with E-state index in [2.05, 4.69) is 4.98 Å². The minimum Gasteiger partial charge on any atom is -0.352 e. The molecule has 6 heteroatoms. The van der Waals surface area contributed by atoms with Crippen molar-refractivity contribution in [1.82, 2.24) is 4.98 Å². The Morgan fingerprint density at radius 2 is 2.10 bits per heavy atom. The van der Waals surface area contributed by atoms with E-state index in [4.69, 9.17) is 5.26 Å². The quantitative estimate of drug-likeness (QED) is 0.832. The number of rotatable bonds is 2. The van der Waals surface area contributed by atoms with Crippen molar-refractivity contribution >= 4 is 5.82 Å². The molecule has 2 rings (SSSR count). The lowest BCUT2D eigenvalue weighted by Crippen LogP contribution is -2.35. The molecule has 0 saturated carbocycles. The minimum atomic E-state index is -4.49. The van der Waals surface area contributed by atoms with Crippen molar-refractivity contribution in [2.24, 2.45) is 5.92 Å². The van der Waals surface area contributed by atoms with Crippen LogP contribution in [-0.2, 0) is 6.18 Å². The topological polar surface area (TPSA) is 39.9 Å². The fourth-order valence-corrected chi connectivity index (χ4v) is 2.66. The molecule has 0 aliphatic carbocycles. The number of anilines is 1. The third-order valence-corrected chi connectivity index (χ3v) is 3.63. The molecule has 0 N–H and O–H groups in total. The summed E-state index contributed by atoms with van der Waals surface area (Å²) in [7, 11) is 0. The number of hydrogen-bond acceptors (Lipinski definition) is 3. The molecule has 20 heavy (non-hydrogen) atoms. The lowest BCUT2D eigenvalue weighted by atomic mass is 10.0. The van der Waals surface area contributed by atoms with Gasteiger partial charge in [0.05, 0.1) is 5.56 Å². The molecular weight excluding hydrogens is 267 g/mol. The Balaban J connectivity index is 2.46. The second-order valence-electron chi connectivity index (χ2n) is 5.32. The molecule has 1 aromatic rings. The van der Waals surface area contributed by atoms with Crippen molar-refractivity contribution in [3.05, 3.63) is 23.4 Å². The van der Waals surface area contributed by atoms with Crippen LogP contribution in [0.2, 0.25) is 0 Å². The van der Waals surface area contributed by atoms with Gasteiger partial charge < -0.3 is 4.90 Å². The molecule has 1 aromatic heterocycles. The van der Waals surface area contributed by atoms with E-state index in [-0.39, 0.29) is 17.4 Å². The molecule has 0 spiro atoms. The van der Waals surface area contributed by atoms with Crippen LogP contribution in [-0.4, -0.2) is 17.6 Å². The van der Waals surface area contributed by atoms with Crippen LogP contribution in [0.5, 0.6) is 0 Å². The fourth-order valence-electron chi connectivity index (χ4n) is 2.66. The Morgan fingerprint density at radius 1 is 1.40 bits per heavy atom. The van der Waals surface area contributed by atoms with Crippen LogP contribution in [0.4, 0.5) is 19.0 Å². The van der Waals surface area contributed by atoms with Gasteiger partial charge >= 0.3 is 6.18 Å². The molecule has 1 unspecified atom stereocenters. The van der Waals surface area contributed by atoms with Gasteiger partial charge in [0.1, 0.15) is 17.6 Å². The molecule has 0 aromatic carbocycles. The van der Waals surface area contributed by atoms with E-state index in [1.165, 1.54) is 6.07 Å². The Hall–Kier alpha value is -1.77. The van der Waals surface area contributed by atoms with Crippen LogP contribution in [0.3, 0.4) is 0 Å². The summed E-state index contributed by atoms with van der Waals surface area (Å²) < 4.78 is 38.3. The van der Waals surface area contributed by atoms with Crippen molar-refractivity contribution < 1.29 is 13.2 Å². The van der Waals surface area contributed by atoms with Gasteiger partial charge in [-0.2, -0.15) is 18.4 Å². The van der Waals surface area contributed by atoms with Gasteiger partial charge in [0.25, 0.3) is 0 Å². The van der Waals surface area contributed by atoms with E-state index in [0.29, 0.717) is 12.5 Å². The Bertz CT molecular complexity index is 531. The first-order valence-electron chi connectivity index (χ1n) is 6.59. The molecule has 108 valence electrons. The smallest absolute Gasteiger partial charge is 0.352 e. The standard InChI is InChI=1S/C14H16F3N3/c1-9(2)11-4-3-7-20(11)13-10(8-18)5-6-12(19-13)14(15,16)17/h5-6,9,11H,3-4,7H2,1-2H3. The predicted molar refractivity (Wildman–Crippen MR) is 69.2 cm³/mol. The number of alkyl halides is 3. The first-order valence-corrected chi connectivity index (χ1v) is 6.59. The highest BCUT2D eigenvalue weighted by atomic mass is 19.4. The van der Waals surface area contributed by atoms with Crippen LogP contribution < -0.4 is 4.90 Å². The number of halogens is 3. The molecule has 0 radical (unpaired) electrons. The molecule has 0 bridgehead atoms. The normalized spacial score (nSPS) is 19.4. The van der Waals surface area contributed by atoms with Crippen LogP contribution in [0.25, 0.3) is 0 Å². The predicted octanol–water partition coefficient (Wildman–Crippen LogP) is 3.60. The first-order chi connectivity index (χ1) is 9.34. The second kappa shape index (κ2) is 5.31. The zero-order valence-electron chi connectivity index (χ0n) is 11.4. The lowest BCUT2D eigenvalue weighted by Gasteiger charge is -2.29. The van der Waals surface area contributed by atoms with E-state index in [0.717, 1.165) is 18.9 Å². The number of nitrogens with zero attached hydrogens (tertiary/aromatic N) is 3. The summed E-state index contributed by atoms with van der Waals surface area (Å²) in [4.78, 5) is 5.55. The zero-order valence-corrected chi connectivity index (χ0v) is 11.4. The number of nitriles is 1. The maximum absolute atomic E-state index is 12.8. The van der Waals surface area contributed by atoms with Gasteiger partial charge in [0, 0.05) is 12.6 Å². The van der Waals surface area contributed by atoms with Crippen molar-refractivity contribution in [2.75, 3.05) is 11.4 Å². The molecule has 2 heterocycles. The fraction of sp³-hybridized carbons (Fsp3) is 0.571. The molecule has 1 aliphatic heterocycles. The van der Waals surface area contributed by atoms with Crippen LogP contribution >= 0.6 is 0 Å². The summed E-state index contributed by atoms with van der Waals surface area (Å²) in [6.45, 7) is 4.71. The highest BCUT2D eigenvalue weighted by molar-refractivity contribution is 5.56. The summed E-state index contributed by atoms with van der Waals surface area (Å²) in [5.74, 6) is 0.471. The van der Waals surface area contributed by atoms with Crippen LogP contribution in [0, 0.1) is 17.2 Å². The maximum Gasteiger partial charge on any atom is 0.433 e. The summed E-state index contributed by atoms with van der Waals surface area (Å²) in [6, 6.07) is 4.15. The van der Waals surface area contributed by atoms with E-state index < -0.39 is 11.9 Å². The maximum atomic E-state index is 12.8. The average molecular weight is 283 g/mol. The third-order valence-electron chi connectivity index (χ3n) is 3.63. The van der Waals surface area contributed by atoms with Crippen LogP contribution in [0.15, 0.2) is 12.1 Å². The van der Waals surface area contributed by atoms with E-state index in [1.807, 2.05) is 24.8 Å². The summed E-state index contributed by atoms with van der Waals surface area (Å²) in [6.07, 6.45) is -2.66. The molecular formula is C14H16F3N3. The van der Waals surface area contributed by atoms with E-state index >= 15 is 0 Å². The van der Waals surface area contributed by atoms with Crippen molar-refractivity contribution in [2.45, 2.75) is 38.9 Å². The summed E-state index contributed by atoms with van der Waals surface area (Å²) in [5.41, 5.74) is -0.744. The highest BCUT2D eigenvalue weighted by Gasteiger charge is 2.35. The Labute approximate surface area is 116 Å². The SMILES string of the molecule is CC(C)C1CCCN1c1nc(C(F)(F)F)ccc1C#N. The van der Waals surface area contributed by atoms with Crippen LogP contribution in [0.1, 0.15) is 37.9 Å². The molecule has 1 atom stereocenters. The first kappa shape index (κ1) is 14.6. The Kier molecular flexibility index (Phi) is 3.89. The molecule has 1 fully saturated rings. The van der Waals surface area contributed by atoms with Gasteiger partial charge in [-0.25, -0.2) is 4.98 Å². The second-order valence-corrected chi connectivity index (χ2v) is 5.32. The zero-order chi connectivity index (χ0) is 14.9. The monoisotopic (exact) mass is 283 g/mol. The van der Waals surface area contributed by atoms with Crippen molar-refractivity contribution in [3.63, 3.8) is 0 Å². The minimum absolute atomic E-state index is 0.137. The van der Waals surface area contributed by atoms with Gasteiger partial charge in [-0.1, -0.05) is 13.8 Å². The lowest BCUT2D eigenvalue weighted by molar-refractivity contribution is -0.141. The number of pyridine rings is 1. The summed E-state index contributed by atoms with van der Waals surface area (Å²) in [5, 5.41) is 9.10. The third kappa shape index (κ3) is 2.72. The summed E-state index contributed by atoms with van der Waals surface area (Å²) >= 11 is 0. The highest BCUT2D eigenvalue weighted by Crippen LogP contribution is 2.34. The number of aromatic nitrogens is 1. The van der Waals surface area contributed by atoms with Gasteiger partial charge in [0.15, 0.2) is 0 Å². The largest absolute Gasteiger partial charge is 0.433 e. The van der Waals surface area contributed by atoms with E-state index in [1.54, 1.807) is 0 Å². The van der Waals surface area contributed by atoms with Crippen molar-refractivity contribution in [3.8, 4) is 6.07 Å². The molecule has 1 saturated heterocycles. The Morgan fingerprint density at radius 3 is 2.65 bits per heavy atom. The average Bonchev–Trinajstić information content (AvgIpc) is 2.86. The van der Waals surface area contributed by atoms with Gasteiger partial charge in [-0.3, -0.25) is 0 Å². The molecule has 0 amide bonds. The molecule has 1 aliphatic rings. The van der Waals surface area contributed by atoms with Gasteiger partial charge in [0.2, 0.25) is 0 Å². The molecule has 3 nitrogen and oxygen atoms in total. The van der Waals surface area contributed by atoms with Crippen molar-refractivity contribution in [1.29, 1.82) is 5.26 Å².